The van der Waals surface area contributed by atoms with Gasteiger partial charge in [-0.1, -0.05) is 23.2 Å². The molecule has 0 atom stereocenters. The molecule has 2 aliphatic heterocycles. The van der Waals surface area contributed by atoms with Crippen LogP contribution in [-0.2, 0) is 6.54 Å². The van der Waals surface area contributed by atoms with Gasteiger partial charge >= 0.3 is 0 Å². The number of halogens is 2. The molecule has 1 spiro atoms. The molecule has 2 heterocycles. The highest BCUT2D eigenvalue weighted by Crippen LogP contribution is 2.39. The van der Waals surface area contributed by atoms with Crippen molar-refractivity contribution >= 4 is 23.2 Å². The van der Waals surface area contributed by atoms with Gasteiger partial charge in [0.2, 0.25) is 0 Å². The number of nitrogens with zero attached hydrogens (tertiary/aromatic N) is 1. The minimum atomic E-state index is 0.552. The Balaban J connectivity index is 1.66. The summed E-state index contributed by atoms with van der Waals surface area (Å²) >= 11 is 12.3. The van der Waals surface area contributed by atoms with E-state index in [1.807, 2.05) is 18.2 Å². The molecule has 3 rings (SSSR count). The molecular formula is C15H20Cl2N2. The molecule has 0 radical (unpaired) electrons. The number of likely N-dealkylation sites (tertiary alicyclic amines) is 1. The van der Waals surface area contributed by atoms with Crippen molar-refractivity contribution in [3.05, 3.63) is 33.8 Å². The quantitative estimate of drug-likeness (QED) is 0.898. The first-order valence-electron chi connectivity index (χ1n) is 7.04. The predicted molar refractivity (Wildman–Crippen MR) is 80.9 cm³/mol. The van der Waals surface area contributed by atoms with E-state index in [0.29, 0.717) is 5.41 Å². The molecule has 104 valence electrons. The van der Waals surface area contributed by atoms with Gasteiger partial charge in [-0.25, -0.2) is 0 Å². The molecule has 0 unspecified atom stereocenters. The summed E-state index contributed by atoms with van der Waals surface area (Å²) in [4.78, 5) is 2.53. The fraction of sp³-hybridized carbons (Fsp3) is 0.600. The smallest absolute Gasteiger partial charge is 0.0452 e. The van der Waals surface area contributed by atoms with Gasteiger partial charge in [0.1, 0.15) is 0 Å². The molecule has 19 heavy (non-hydrogen) atoms. The zero-order valence-corrected chi connectivity index (χ0v) is 12.6. The van der Waals surface area contributed by atoms with Gasteiger partial charge in [0.15, 0.2) is 0 Å². The molecular weight excluding hydrogens is 279 g/mol. The molecule has 1 N–H and O–H groups in total. The third-order valence-electron chi connectivity index (χ3n) is 4.58. The first-order chi connectivity index (χ1) is 9.17. The summed E-state index contributed by atoms with van der Waals surface area (Å²) in [5.74, 6) is 0. The van der Waals surface area contributed by atoms with Crippen LogP contribution in [0.15, 0.2) is 18.2 Å². The molecule has 0 aromatic heterocycles. The lowest BCUT2D eigenvalue weighted by atomic mass is 9.78. The summed E-state index contributed by atoms with van der Waals surface area (Å²) in [6, 6.07) is 5.75. The van der Waals surface area contributed by atoms with E-state index < -0.39 is 0 Å². The minimum Gasteiger partial charge on any atom is -0.317 e. The van der Waals surface area contributed by atoms with Crippen molar-refractivity contribution in [2.75, 3.05) is 26.2 Å². The van der Waals surface area contributed by atoms with Crippen LogP contribution in [0.1, 0.15) is 24.8 Å². The van der Waals surface area contributed by atoms with E-state index in [0.717, 1.165) is 22.2 Å². The second-order valence-electron chi connectivity index (χ2n) is 5.95. The lowest BCUT2D eigenvalue weighted by Crippen LogP contribution is -2.38. The SMILES string of the molecule is Clc1ccc(Cl)c(CN2CCC3(CCNCC3)C2)c1. The van der Waals surface area contributed by atoms with Crippen molar-refractivity contribution in [2.45, 2.75) is 25.8 Å². The Morgan fingerprint density at radius 1 is 1.16 bits per heavy atom. The molecule has 2 saturated heterocycles. The third kappa shape index (κ3) is 3.08. The van der Waals surface area contributed by atoms with Gasteiger partial charge in [0.25, 0.3) is 0 Å². The van der Waals surface area contributed by atoms with Crippen LogP contribution in [0, 0.1) is 5.41 Å². The summed E-state index contributed by atoms with van der Waals surface area (Å²) in [5.41, 5.74) is 1.70. The second kappa shape index (κ2) is 5.61. The highest BCUT2D eigenvalue weighted by molar-refractivity contribution is 6.33. The van der Waals surface area contributed by atoms with Crippen LogP contribution in [0.2, 0.25) is 10.0 Å². The van der Waals surface area contributed by atoms with Crippen LogP contribution in [0.25, 0.3) is 0 Å². The normalized spacial score (nSPS) is 23.1. The molecule has 0 bridgehead atoms. The Labute approximate surface area is 125 Å². The van der Waals surface area contributed by atoms with Gasteiger partial charge in [-0.05, 0) is 68.1 Å². The van der Waals surface area contributed by atoms with Crippen LogP contribution in [0.3, 0.4) is 0 Å². The molecule has 0 amide bonds. The molecule has 0 aliphatic carbocycles. The Bertz CT molecular complexity index is 455. The van der Waals surface area contributed by atoms with Crippen LogP contribution < -0.4 is 5.32 Å². The van der Waals surface area contributed by atoms with Crippen LogP contribution in [0.5, 0.6) is 0 Å². The van der Waals surface area contributed by atoms with Crippen molar-refractivity contribution in [2.24, 2.45) is 5.41 Å². The molecule has 1 aromatic carbocycles. The maximum Gasteiger partial charge on any atom is 0.0452 e. The largest absolute Gasteiger partial charge is 0.317 e. The number of rotatable bonds is 2. The lowest BCUT2D eigenvalue weighted by molar-refractivity contribution is 0.194. The lowest BCUT2D eigenvalue weighted by Gasteiger charge is -2.34. The zero-order chi connectivity index (χ0) is 13.3. The van der Waals surface area contributed by atoms with Crippen molar-refractivity contribution in [1.29, 1.82) is 0 Å². The van der Waals surface area contributed by atoms with E-state index in [1.165, 1.54) is 45.4 Å². The average molecular weight is 299 g/mol. The number of hydrogen-bond acceptors (Lipinski definition) is 2. The standard InChI is InChI=1S/C15H20Cl2N2/c16-13-1-2-14(17)12(9-13)10-19-8-5-15(11-19)3-6-18-7-4-15/h1-2,9,18H,3-8,10-11H2. The van der Waals surface area contributed by atoms with E-state index in [-0.39, 0.29) is 0 Å². The highest BCUT2D eigenvalue weighted by atomic mass is 35.5. The predicted octanol–water partition coefficient (Wildman–Crippen LogP) is 3.57. The fourth-order valence-corrected chi connectivity index (χ4v) is 3.81. The number of nitrogens with one attached hydrogen (secondary N) is 1. The van der Waals surface area contributed by atoms with Crippen LogP contribution in [0.4, 0.5) is 0 Å². The van der Waals surface area contributed by atoms with Gasteiger partial charge in [0, 0.05) is 23.1 Å². The molecule has 0 saturated carbocycles. The van der Waals surface area contributed by atoms with E-state index in [4.69, 9.17) is 23.2 Å². The van der Waals surface area contributed by atoms with E-state index in [2.05, 4.69) is 10.2 Å². The van der Waals surface area contributed by atoms with Crippen molar-refractivity contribution in [1.82, 2.24) is 10.2 Å². The second-order valence-corrected chi connectivity index (χ2v) is 6.79. The summed E-state index contributed by atoms with van der Waals surface area (Å²) in [5, 5.41) is 5.06. The van der Waals surface area contributed by atoms with E-state index in [1.54, 1.807) is 0 Å². The fourth-order valence-electron chi connectivity index (χ4n) is 3.43. The first-order valence-corrected chi connectivity index (χ1v) is 7.80. The molecule has 1 aromatic rings. The van der Waals surface area contributed by atoms with Gasteiger partial charge < -0.3 is 5.32 Å². The summed E-state index contributed by atoms with van der Waals surface area (Å²) in [6.07, 6.45) is 3.95. The van der Waals surface area contributed by atoms with E-state index >= 15 is 0 Å². The highest BCUT2D eigenvalue weighted by Gasteiger charge is 2.38. The van der Waals surface area contributed by atoms with Crippen LogP contribution in [-0.4, -0.2) is 31.1 Å². The van der Waals surface area contributed by atoms with E-state index in [9.17, 15) is 0 Å². The summed E-state index contributed by atoms with van der Waals surface area (Å²) in [7, 11) is 0. The maximum absolute atomic E-state index is 6.26. The minimum absolute atomic E-state index is 0.552. The Morgan fingerprint density at radius 2 is 1.95 bits per heavy atom. The topological polar surface area (TPSA) is 15.3 Å². The van der Waals surface area contributed by atoms with Crippen molar-refractivity contribution in [3.63, 3.8) is 0 Å². The third-order valence-corrected chi connectivity index (χ3v) is 5.19. The summed E-state index contributed by atoms with van der Waals surface area (Å²) in [6.45, 7) is 5.66. The Kier molecular flexibility index (Phi) is 4.04. The molecule has 4 heteroatoms. The average Bonchev–Trinajstić information content (AvgIpc) is 2.78. The maximum atomic E-state index is 6.26. The Hall–Kier alpha value is -0.280. The van der Waals surface area contributed by atoms with Gasteiger partial charge in [-0.3, -0.25) is 4.90 Å². The van der Waals surface area contributed by atoms with Gasteiger partial charge in [0.05, 0.1) is 0 Å². The van der Waals surface area contributed by atoms with Gasteiger partial charge in [-0.2, -0.15) is 0 Å². The molecule has 2 fully saturated rings. The number of hydrogen-bond donors (Lipinski definition) is 1. The number of piperidine rings is 1. The van der Waals surface area contributed by atoms with Gasteiger partial charge in [-0.15, -0.1) is 0 Å². The Morgan fingerprint density at radius 3 is 2.74 bits per heavy atom. The zero-order valence-electron chi connectivity index (χ0n) is 11.1. The molecule has 2 nitrogen and oxygen atoms in total. The monoisotopic (exact) mass is 298 g/mol. The summed E-state index contributed by atoms with van der Waals surface area (Å²) < 4.78 is 0. The van der Waals surface area contributed by atoms with Crippen LogP contribution >= 0.6 is 23.2 Å². The van der Waals surface area contributed by atoms with Crippen molar-refractivity contribution < 1.29 is 0 Å². The first kappa shape index (κ1) is 13.7. The van der Waals surface area contributed by atoms with Crippen molar-refractivity contribution in [3.8, 4) is 0 Å². The molecule has 2 aliphatic rings. The number of benzene rings is 1.